The zero-order valence-electron chi connectivity index (χ0n) is 10.1. The molecular formula is C12H17NO4. The first-order chi connectivity index (χ1) is 7.96. The Morgan fingerprint density at radius 3 is 2.94 bits per heavy atom. The molecule has 0 atom stereocenters. The molecule has 0 bridgehead atoms. The van der Waals surface area contributed by atoms with Crippen LogP contribution in [0, 0.1) is 0 Å². The molecule has 0 spiro atoms. The average molecular weight is 239 g/mol. The van der Waals surface area contributed by atoms with E-state index in [0.717, 1.165) is 13.1 Å². The van der Waals surface area contributed by atoms with Crippen molar-refractivity contribution in [2.24, 2.45) is 0 Å². The van der Waals surface area contributed by atoms with Crippen molar-refractivity contribution in [3.8, 4) is 0 Å². The van der Waals surface area contributed by atoms with Crippen LogP contribution in [0.25, 0.3) is 0 Å². The third-order valence-electron chi connectivity index (χ3n) is 2.78. The second kappa shape index (κ2) is 4.50. The Morgan fingerprint density at radius 2 is 2.35 bits per heavy atom. The average Bonchev–Trinajstić information content (AvgIpc) is 2.64. The number of carboxylic acids is 1. The number of hydrogen-bond donors (Lipinski definition) is 1. The van der Waals surface area contributed by atoms with Crippen LogP contribution in [-0.2, 0) is 11.3 Å². The number of furan rings is 1. The van der Waals surface area contributed by atoms with Crippen LogP contribution in [0.15, 0.2) is 16.7 Å². The largest absolute Gasteiger partial charge is 0.478 e. The molecular weight excluding hydrogens is 222 g/mol. The molecule has 0 saturated carbocycles. The first kappa shape index (κ1) is 12.1. The van der Waals surface area contributed by atoms with Crippen molar-refractivity contribution in [3.63, 3.8) is 0 Å². The first-order valence-corrected chi connectivity index (χ1v) is 5.63. The zero-order chi connectivity index (χ0) is 12.5. The minimum absolute atomic E-state index is 0.152. The summed E-state index contributed by atoms with van der Waals surface area (Å²) in [6, 6.07) is 1.57. The summed E-state index contributed by atoms with van der Waals surface area (Å²) in [5.41, 5.74) is 0.0491. The van der Waals surface area contributed by atoms with E-state index in [1.165, 1.54) is 6.26 Å². The second-order valence-electron chi connectivity index (χ2n) is 4.93. The van der Waals surface area contributed by atoms with Gasteiger partial charge in [0.05, 0.1) is 24.3 Å². The quantitative estimate of drug-likeness (QED) is 0.867. The van der Waals surface area contributed by atoms with Crippen LogP contribution in [0.4, 0.5) is 0 Å². The highest BCUT2D eigenvalue weighted by Gasteiger charge is 2.27. The van der Waals surface area contributed by atoms with E-state index < -0.39 is 5.97 Å². The third-order valence-corrected chi connectivity index (χ3v) is 2.78. The first-order valence-electron chi connectivity index (χ1n) is 5.63. The SMILES string of the molecule is CC1(C)CN(Cc2cc(C(=O)O)co2)CCO1. The van der Waals surface area contributed by atoms with E-state index in [1.54, 1.807) is 6.07 Å². The van der Waals surface area contributed by atoms with E-state index in [4.69, 9.17) is 14.3 Å². The molecule has 1 fully saturated rings. The topological polar surface area (TPSA) is 62.9 Å². The van der Waals surface area contributed by atoms with E-state index in [-0.39, 0.29) is 11.2 Å². The predicted molar refractivity (Wildman–Crippen MR) is 61.0 cm³/mol. The van der Waals surface area contributed by atoms with Crippen molar-refractivity contribution in [1.29, 1.82) is 0 Å². The Bertz CT molecular complexity index is 410. The van der Waals surface area contributed by atoms with E-state index in [0.29, 0.717) is 18.9 Å². The Balaban J connectivity index is 1.98. The maximum Gasteiger partial charge on any atom is 0.338 e. The van der Waals surface area contributed by atoms with Crippen LogP contribution in [-0.4, -0.2) is 41.3 Å². The van der Waals surface area contributed by atoms with Crippen molar-refractivity contribution in [2.75, 3.05) is 19.7 Å². The Morgan fingerprint density at radius 1 is 1.59 bits per heavy atom. The van der Waals surface area contributed by atoms with Crippen LogP contribution in [0.3, 0.4) is 0 Å². The highest BCUT2D eigenvalue weighted by molar-refractivity contribution is 5.87. The van der Waals surface area contributed by atoms with Crippen molar-refractivity contribution in [3.05, 3.63) is 23.7 Å². The fourth-order valence-corrected chi connectivity index (χ4v) is 2.05. The summed E-state index contributed by atoms with van der Waals surface area (Å²) in [6.07, 6.45) is 1.28. The van der Waals surface area contributed by atoms with Gasteiger partial charge in [-0.3, -0.25) is 4.90 Å². The summed E-state index contributed by atoms with van der Waals surface area (Å²) in [7, 11) is 0. The van der Waals surface area contributed by atoms with Crippen LogP contribution in [0.1, 0.15) is 30.0 Å². The molecule has 2 rings (SSSR count). The minimum atomic E-state index is -0.956. The van der Waals surface area contributed by atoms with E-state index >= 15 is 0 Å². The summed E-state index contributed by atoms with van der Waals surface area (Å²) in [4.78, 5) is 12.9. The molecule has 1 aromatic heterocycles. The van der Waals surface area contributed by atoms with E-state index in [2.05, 4.69) is 4.90 Å². The van der Waals surface area contributed by atoms with Gasteiger partial charge in [-0.05, 0) is 19.9 Å². The molecule has 1 aliphatic heterocycles. The Kier molecular flexibility index (Phi) is 3.22. The Hall–Kier alpha value is -1.33. The fourth-order valence-electron chi connectivity index (χ4n) is 2.05. The molecule has 0 aromatic carbocycles. The summed E-state index contributed by atoms with van der Waals surface area (Å²) in [6.45, 7) is 7.07. The molecule has 17 heavy (non-hydrogen) atoms. The van der Waals surface area contributed by atoms with Gasteiger partial charge in [0.1, 0.15) is 12.0 Å². The van der Waals surface area contributed by atoms with Gasteiger partial charge in [-0.15, -0.1) is 0 Å². The smallest absolute Gasteiger partial charge is 0.338 e. The van der Waals surface area contributed by atoms with Gasteiger partial charge >= 0.3 is 5.97 Å². The number of ether oxygens (including phenoxy) is 1. The summed E-state index contributed by atoms with van der Waals surface area (Å²) >= 11 is 0. The lowest BCUT2D eigenvalue weighted by Crippen LogP contribution is -2.47. The number of carbonyl (C=O) groups is 1. The van der Waals surface area contributed by atoms with Gasteiger partial charge in [0, 0.05) is 13.1 Å². The third kappa shape index (κ3) is 3.08. The fraction of sp³-hybridized carbons (Fsp3) is 0.583. The molecule has 0 aliphatic carbocycles. The molecule has 1 aromatic rings. The summed E-state index contributed by atoms with van der Waals surface area (Å²) < 4.78 is 10.8. The lowest BCUT2D eigenvalue weighted by molar-refractivity contribution is -0.0894. The molecule has 0 radical (unpaired) electrons. The summed E-state index contributed by atoms with van der Waals surface area (Å²) in [5.74, 6) is -0.276. The van der Waals surface area contributed by atoms with E-state index in [9.17, 15) is 4.79 Å². The number of nitrogens with zero attached hydrogens (tertiary/aromatic N) is 1. The van der Waals surface area contributed by atoms with E-state index in [1.807, 2.05) is 13.8 Å². The molecule has 1 aliphatic rings. The van der Waals surface area contributed by atoms with Crippen molar-refractivity contribution in [2.45, 2.75) is 26.0 Å². The number of carboxylic acid groups (broad SMARTS) is 1. The van der Waals surface area contributed by atoms with Gasteiger partial charge in [-0.25, -0.2) is 4.79 Å². The van der Waals surface area contributed by atoms with Gasteiger partial charge in [-0.2, -0.15) is 0 Å². The van der Waals surface area contributed by atoms with Crippen molar-refractivity contribution >= 4 is 5.97 Å². The van der Waals surface area contributed by atoms with Gasteiger partial charge < -0.3 is 14.3 Å². The highest BCUT2D eigenvalue weighted by atomic mass is 16.5. The highest BCUT2D eigenvalue weighted by Crippen LogP contribution is 2.19. The molecule has 1 saturated heterocycles. The van der Waals surface area contributed by atoms with Crippen molar-refractivity contribution in [1.82, 2.24) is 4.90 Å². The molecule has 5 nitrogen and oxygen atoms in total. The lowest BCUT2D eigenvalue weighted by atomic mass is 10.1. The molecule has 0 unspecified atom stereocenters. The number of hydrogen-bond acceptors (Lipinski definition) is 4. The maximum absolute atomic E-state index is 10.7. The van der Waals surface area contributed by atoms with Crippen LogP contribution < -0.4 is 0 Å². The molecule has 94 valence electrons. The monoisotopic (exact) mass is 239 g/mol. The lowest BCUT2D eigenvalue weighted by Gasteiger charge is -2.37. The van der Waals surface area contributed by atoms with Crippen LogP contribution in [0.2, 0.25) is 0 Å². The van der Waals surface area contributed by atoms with Gasteiger partial charge in [0.25, 0.3) is 0 Å². The number of aromatic carboxylic acids is 1. The van der Waals surface area contributed by atoms with Gasteiger partial charge in [0.15, 0.2) is 0 Å². The minimum Gasteiger partial charge on any atom is -0.478 e. The predicted octanol–water partition coefficient (Wildman–Crippen LogP) is 1.59. The second-order valence-corrected chi connectivity index (χ2v) is 4.93. The summed E-state index contributed by atoms with van der Waals surface area (Å²) in [5, 5.41) is 8.79. The number of morpholine rings is 1. The maximum atomic E-state index is 10.7. The molecule has 2 heterocycles. The number of rotatable bonds is 3. The molecule has 5 heteroatoms. The van der Waals surface area contributed by atoms with Gasteiger partial charge in [-0.1, -0.05) is 0 Å². The normalized spacial score (nSPS) is 20.4. The standard InChI is InChI=1S/C12H17NO4/c1-12(2)8-13(3-4-17-12)6-10-5-9(7-16-10)11(14)15/h5,7H,3-4,6,8H2,1-2H3,(H,14,15). The van der Waals surface area contributed by atoms with Crippen molar-refractivity contribution < 1.29 is 19.1 Å². The van der Waals surface area contributed by atoms with Gasteiger partial charge in [0.2, 0.25) is 0 Å². The van der Waals surface area contributed by atoms with Crippen LogP contribution in [0.5, 0.6) is 0 Å². The van der Waals surface area contributed by atoms with Crippen LogP contribution >= 0.6 is 0 Å². The molecule has 1 N–H and O–H groups in total. The zero-order valence-corrected chi connectivity index (χ0v) is 10.1. The Labute approximate surface area is 100.0 Å². The molecule has 0 amide bonds.